The fourth-order valence-corrected chi connectivity index (χ4v) is 6.11. The lowest BCUT2D eigenvalue weighted by Gasteiger charge is -2.35. The number of halogens is 5. The summed E-state index contributed by atoms with van der Waals surface area (Å²) in [6.45, 7) is 1.48. The van der Waals surface area contributed by atoms with Gasteiger partial charge in [-0.05, 0) is 56.4 Å². The number of hydrogen-bond donors (Lipinski definition) is 0. The molecule has 0 bridgehead atoms. The van der Waals surface area contributed by atoms with Gasteiger partial charge in [-0.3, -0.25) is 4.90 Å². The molecule has 43 heavy (non-hydrogen) atoms. The SMILES string of the molecule is N#CCC1(Cn2c(CN3CCCCC3Oc3cc(OCc4ccc(Cl)cc4F)c(F)cn3)nc3c(F)cc(Br)cc32)CC1. The normalized spacial score (nSPS) is 18.0. The molecule has 0 spiro atoms. The van der Waals surface area contributed by atoms with Crippen LogP contribution in [0, 0.1) is 34.2 Å². The van der Waals surface area contributed by atoms with Gasteiger partial charge in [-0.15, -0.1) is 0 Å². The van der Waals surface area contributed by atoms with Crippen LogP contribution in [0.3, 0.4) is 0 Å². The first-order chi connectivity index (χ1) is 20.7. The second-order valence-electron chi connectivity index (χ2n) is 11.2. The van der Waals surface area contributed by atoms with Crippen LogP contribution in [0.5, 0.6) is 11.6 Å². The van der Waals surface area contributed by atoms with Crippen molar-refractivity contribution in [2.45, 2.75) is 64.4 Å². The Morgan fingerprint density at radius 3 is 2.70 bits per heavy atom. The summed E-state index contributed by atoms with van der Waals surface area (Å²) in [7, 11) is 0. The number of nitriles is 1. The zero-order valence-corrected chi connectivity index (χ0v) is 25.5. The molecule has 0 N–H and O–H groups in total. The number of pyridine rings is 1. The quantitative estimate of drug-likeness (QED) is 0.170. The zero-order chi connectivity index (χ0) is 30.1. The van der Waals surface area contributed by atoms with Gasteiger partial charge in [-0.25, -0.2) is 23.1 Å². The molecule has 7 nitrogen and oxygen atoms in total. The molecule has 0 radical (unpaired) electrons. The van der Waals surface area contributed by atoms with E-state index in [-0.39, 0.29) is 34.2 Å². The summed E-state index contributed by atoms with van der Waals surface area (Å²) >= 11 is 9.22. The van der Waals surface area contributed by atoms with Crippen molar-refractivity contribution >= 4 is 38.6 Å². The van der Waals surface area contributed by atoms with Crippen LogP contribution < -0.4 is 9.47 Å². The fraction of sp³-hybridized carbons (Fsp3) is 0.387. The van der Waals surface area contributed by atoms with E-state index < -0.39 is 23.7 Å². The average Bonchev–Trinajstić information content (AvgIpc) is 3.65. The number of piperidine rings is 1. The summed E-state index contributed by atoms with van der Waals surface area (Å²) in [6.07, 6.45) is 5.50. The number of fused-ring (bicyclic) bond motifs is 1. The van der Waals surface area contributed by atoms with E-state index >= 15 is 0 Å². The van der Waals surface area contributed by atoms with Crippen LogP contribution in [0.15, 0.2) is 47.1 Å². The molecule has 4 aromatic rings. The lowest BCUT2D eigenvalue weighted by molar-refractivity contribution is -0.0148. The van der Waals surface area contributed by atoms with Crippen molar-refractivity contribution < 1.29 is 22.6 Å². The molecule has 2 aromatic heterocycles. The Kier molecular flexibility index (Phi) is 8.54. The van der Waals surface area contributed by atoms with Crippen LogP contribution in [0.2, 0.25) is 5.02 Å². The van der Waals surface area contributed by atoms with Crippen molar-refractivity contribution in [1.82, 2.24) is 19.4 Å². The lowest BCUT2D eigenvalue weighted by Crippen LogP contribution is -2.43. The van der Waals surface area contributed by atoms with Crippen LogP contribution >= 0.6 is 27.5 Å². The molecule has 1 saturated heterocycles. The minimum Gasteiger partial charge on any atom is -0.485 e. The lowest BCUT2D eigenvalue weighted by atomic mass is 10.0. The maximum atomic E-state index is 15.0. The molecule has 1 aliphatic heterocycles. The summed E-state index contributed by atoms with van der Waals surface area (Å²) in [4.78, 5) is 10.9. The predicted molar refractivity (Wildman–Crippen MR) is 158 cm³/mol. The fourth-order valence-electron chi connectivity index (χ4n) is 5.53. The third-order valence-corrected chi connectivity index (χ3v) is 8.80. The zero-order valence-electron chi connectivity index (χ0n) is 23.1. The Labute approximate surface area is 260 Å². The van der Waals surface area contributed by atoms with Crippen LogP contribution in [-0.2, 0) is 19.7 Å². The molecule has 1 saturated carbocycles. The van der Waals surface area contributed by atoms with Gasteiger partial charge in [0.05, 0.1) is 24.3 Å². The van der Waals surface area contributed by atoms with Crippen molar-refractivity contribution in [3.05, 3.63) is 80.9 Å². The Hall–Kier alpha value is -3.33. The van der Waals surface area contributed by atoms with Crippen molar-refractivity contribution in [2.75, 3.05) is 6.54 Å². The van der Waals surface area contributed by atoms with E-state index in [1.54, 1.807) is 0 Å². The van der Waals surface area contributed by atoms with Crippen LogP contribution in [-0.4, -0.2) is 32.2 Å². The van der Waals surface area contributed by atoms with Gasteiger partial charge >= 0.3 is 0 Å². The number of benzene rings is 2. The maximum Gasteiger partial charge on any atom is 0.218 e. The minimum atomic E-state index is -0.699. The van der Waals surface area contributed by atoms with E-state index in [4.69, 9.17) is 26.1 Å². The monoisotopic (exact) mass is 673 g/mol. The van der Waals surface area contributed by atoms with Crippen molar-refractivity contribution in [1.29, 1.82) is 5.26 Å². The number of rotatable bonds is 10. The van der Waals surface area contributed by atoms with Gasteiger partial charge in [0.1, 0.15) is 23.8 Å². The molecule has 1 atom stereocenters. The molecule has 12 heteroatoms. The van der Waals surface area contributed by atoms with Crippen LogP contribution in [0.25, 0.3) is 11.0 Å². The summed E-state index contributed by atoms with van der Waals surface area (Å²) in [6, 6.07) is 11.1. The number of hydrogen-bond acceptors (Lipinski definition) is 6. The van der Waals surface area contributed by atoms with Crippen LogP contribution in [0.4, 0.5) is 13.2 Å². The molecule has 3 heterocycles. The molecule has 2 fully saturated rings. The van der Waals surface area contributed by atoms with Crippen molar-refractivity contribution in [3.63, 3.8) is 0 Å². The Morgan fingerprint density at radius 1 is 1.09 bits per heavy atom. The minimum absolute atomic E-state index is 0.114. The third kappa shape index (κ3) is 6.61. The first-order valence-electron chi connectivity index (χ1n) is 14.1. The van der Waals surface area contributed by atoms with Gasteiger partial charge in [0.25, 0.3) is 0 Å². The van der Waals surface area contributed by atoms with Gasteiger partial charge in [-0.1, -0.05) is 33.6 Å². The van der Waals surface area contributed by atoms with E-state index in [1.807, 2.05) is 10.6 Å². The third-order valence-electron chi connectivity index (χ3n) is 8.10. The first-order valence-corrected chi connectivity index (χ1v) is 15.2. The molecular weight excluding hydrogens is 647 g/mol. The van der Waals surface area contributed by atoms with Gasteiger partial charge in [0.15, 0.2) is 23.6 Å². The Morgan fingerprint density at radius 2 is 1.93 bits per heavy atom. The number of ether oxygens (including phenoxy) is 2. The summed E-state index contributed by atoms with van der Waals surface area (Å²) in [5, 5.41) is 9.66. The maximum absolute atomic E-state index is 15.0. The summed E-state index contributed by atoms with van der Waals surface area (Å²) in [5.41, 5.74) is 1.08. The molecule has 1 unspecified atom stereocenters. The van der Waals surface area contributed by atoms with Gasteiger partial charge in [0.2, 0.25) is 5.88 Å². The molecule has 0 amide bonds. The van der Waals surface area contributed by atoms with E-state index in [2.05, 4.69) is 31.9 Å². The Bertz CT molecular complexity index is 1710. The topological polar surface area (TPSA) is 76.2 Å². The number of imidazole rings is 1. The molecule has 2 aliphatic rings. The van der Waals surface area contributed by atoms with E-state index in [1.165, 1.54) is 30.3 Å². The van der Waals surface area contributed by atoms with Crippen molar-refractivity contribution in [3.8, 4) is 17.7 Å². The molecule has 2 aromatic carbocycles. The number of nitrogens with zero attached hydrogens (tertiary/aromatic N) is 5. The predicted octanol–water partition coefficient (Wildman–Crippen LogP) is 7.93. The molecule has 224 valence electrons. The Balaban J connectivity index is 1.23. The summed E-state index contributed by atoms with van der Waals surface area (Å²) < 4.78 is 58.2. The standard InChI is InChI=1S/C31H28BrClF3N5O2/c32-20-11-23(35)30-25(12-20)41(18-31(6-7-31)8-9-37)27(39-30)16-40-10-2-1-3-29(40)43-28-14-26(24(36)15-38-28)42-17-19-4-5-21(33)13-22(19)34/h4-5,11-15,29H,1-3,6-8,10,16-18H2. The highest BCUT2D eigenvalue weighted by Gasteiger charge is 2.43. The highest BCUT2D eigenvalue weighted by Crippen LogP contribution is 2.50. The highest BCUT2D eigenvalue weighted by molar-refractivity contribution is 9.10. The molecule has 1 aliphatic carbocycles. The van der Waals surface area contributed by atoms with Gasteiger partial charge in [0, 0.05) is 46.1 Å². The second kappa shape index (κ2) is 12.3. The van der Waals surface area contributed by atoms with Crippen molar-refractivity contribution in [2.24, 2.45) is 5.41 Å². The second-order valence-corrected chi connectivity index (χ2v) is 12.6. The number of likely N-dealkylation sites (tertiary alicyclic amines) is 1. The average molecular weight is 675 g/mol. The number of aromatic nitrogens is 3. The molecule has 6 rings (SSSR count). The van der Waals surface area contributed by atoms with E-state index in [0.29, 0.717) is 53.8 Å². The molecular formula is C31H28BrClF3N5O2. The summed E-state index contributed by atoms with van der Waals surface area (Å²) in [5.74, 6) is -0.920. The van der Waals surface area contributed by atoms with Crippen LogP contribution in [0.1, 0.15) is 49.9 Å². The first kappa shape index (κ1) is 29.7. The smallest absolute Gasteiger partial charge is 0.218 e. The van der Waals surface area contributed by atoms with Gasteiger partial charge < -0.3 is 14.0 Å². The van der Waals surface area contributed by atoms with Gasteiger partial charge in [-0.2, -0.15) is 5.26 Å². The van der Waals surface area contributed by atoms with E-state index in [9.17, 15) is 18.4 Å². The highest BCUT2D eigenvalue weighted by atomic mass is 79.9. The van der Waals surface area contributed by atoms with E-state index in [0.717, 1.165) is 31.9 Å². The largest absolute Gasteiger partial charge is 0.485 e.